The minimum Gasteiger partial charge on any atom is -0.459 e. The first-order valence-corrected chi connectivity index (χ1v) is 18.7. The molecule has 0 fully saturated rings. The van der Waals surface area contributed by atoms with Crippen LogP contribution in [0.4, 0.5) is 0 Å². The van der Waals surface area contributed by atoms with Crippen molar-refractivity contribution in [3.05, 3.63) is 181 Å². The number of ether oxygens (including phenoxy) is 1. The third-order valence-corrected chi connectivity index (χ3v) is 15.0. The van der Waals surface area contributed by atoms with Gasteiger partial charge < -0.3 is 9.30 Å². The average Bonchev–Trinajstić information content (AvgIpc) is 3.72. The zero-order chi connectivity index (χ0) is 32.4. The number of hydrogen-bond donors (Lipinski definition) is 0. The summed E-state index contributed by atoms with van der Waals surface area (Å²) in [4.78, 5) is 4.88. The van der Waals surface area contributed by atoms with Crippen molar-refractivity contribution in [2.24, 2.45) is 0 Å². The first-order chi connectivity index (χ1) is 24.3. The number of aromatic nitrogens is 3. The molecule has 0 saturated heterocycles. The van der Waals surface area contributed by atoms with Crippen molar-refractivity contribution < 1.29 is 4.74 Å². The van der Waals surface area contributed by atoms with Crippen LogP contribution in [0.2, 0.25) is 0 Å². The first kappa shape index (κ1) is 27.9. The molecule has 3 heterocycles. The minimum absolute atomic E-state index is 0.526. The number of rotatable bonds is 5. The summed E-state index contributed by atoms with van der Waals surface area (Å²) in [5, 5.41) is 7.90. The third-order valence-electron chi connectivity index (χ3n) is 10.2. The lowest BCUT2D eigenvalue weighted by molar-refractivity contribution is 0.265. The summed E-state index contributed by atoms with van der Waals surface area (Å²) < 4.78 is 10.7. The summed E-state index contributed by atoms with van der Waals surface area (Å²) in [5.74, 6) is 0. The summed E-state index contributed by atoms with van der Waals surface area (Å²) in [6, 6.07) is 65.0. The van der Waals surface area contributed by atoms with E-state index < -0.39 is 8.07 Å². The molecule has 9 aromatic rings. The fraction of sp³-hybridized carbons (Fsp3) is 0.0227. The summed E-state index contributed by atoms with van der Waals surface area (Å²) in [6.45, 7) is 0.526. The Morgan fingerprint density at radius 3 is 1.80 bits per heavy atom. The van der Waals surface area contributed by atoms with E-state index in [2.05, 4.69) is 185 Å². The topological polar surface area (TPSA) is 32.0 Å². The lowest BCUT2D eigenvalue weighted by atomic mass is 10.1. The molecular weight excluding hydrogens is 615 g/mol. The molecule has 0 bridgehead atoms. The van der Waals surface area contributed by atoms with E-state index in [4.69, 9.17) is 9.72 Å². The smallest absolute Gasteiger partial charge is 0.302 e. The van der Waals surface area contributed by atoms with E-state index in [0.29, 0.717) is 12.6 Å². The van der Waals surface area contributed by atoms with Crippen molar-refractivity contribution in [3.8, 4) is 17.4 Å². The van der Waals surface area contributed by atoms with Crippen LogP contribution in [0.1, 0.15) is 5.56 Å². The van der Waals surface area contributed by atoms with Crippen molar-refractivity contribution in [2.45, 2.75) is 6.61 Å². The Morgan fingerprint density at radius 2 is 1.08 bits per heavy atom. The maximum atomic E-state index is 6.13. The lowest BCUT2D eigenvalue weighted by Crippen LogP contribution is -2.74. The second-order valence-electron chi connectivity index (χ2n) is 12.8. The molecule has 232 valence electrons. The molecule has 0 unspecified atom stereocenters. The van der Waals surface area contributed by atoms with Gasteiger partial charge in [-0.25, -0.2) is 0 Å². The highest BCUT2D eigenvalue weighted by molar-refractivity contribution is 7.20. The number of fused-ring (bicyclic) bond motifs is 8. The molecular formula is C44H31N3OSi. The zero-order valence-electron chi connectivity index (χ0n) is 26.7. The molecule has 1 aliphatic rings. The van der Waals surface area contributed by atoms with Crippen LogP contribution in [0.3, 0.4) is 0 Å². The fourth-order valence-corrected chi connectivity index (χ4v) is 12.8. The van der Waals surface area contributed by atoms with Gasteiger partial charge in [0.1, 0.15) is 6.61 Å². The van der Waals surface area contributed by atoms with Crippen LogP contribution in [0.5, 0.6) is 6.01 Å². The molecule has 0 radical (unpaired) electrons. The standard InChI is InChI=1S/C44H31N3OSi/c1-4-15-33(16-5-1)49(34-17-6-2-7-18-34,35-19-8-3-9-20-35)36-25-26-38-37-21-11-13-23-41(37)46(42(38)29-36)32-24-27-39-43(28-32)47-40-22-12-10-14-31(40)30-48-44(47)45-39/h1-29H,30H2. The van der Waals surface area contributed by atoms with E-state index in [1.165, 1.54) is 42.6 Å². The van der Waals surface area contributed by atoms with Gasteiger partial charge in [0.2, 0.25) is 0 Å². The van der Waals surface area contributed by atoms with Gasteiger partial charge in [0.15, 0.2) is 8.07 Å². The van der Waals surface area contributed by atoms with E-state index in [1.54, 1.807) is 0 Å². The van der Waals surface area contributed by atoms with Gasteiger partial charge in [0, 0.05) is 22.0 Å². The lowest BCUT2D eigenvalue weighted by Gasteiger charge is -2.34. The molecule has 1 aliphatic heterocycles. The summed E-state index contributed by atoms with van der Waals surface area (Å²) in [7, 11) is -2.73. The van der Waals surface area contributed by atoms with Crippen molar-refractivity contribution in [1.82, 2.24) is 14.1 Å². The summed E-state index contributed by atoms with van der Waals surface area (Å²) >= 11 is 0. The zero-order valence-corrected chi connectivity index (χ0v) is 27.7. The Morgan fingerprint density at radius 1 is 0.469 bits per heavy atom. The van der Waals surface area contributed by atoms with Crippen LogP contribution in [-0.4, -0.2) is 22.2 Å². The highest BCUT2D eigenvalue weighted by atomic mass is 28.3. The van der Waals surface area contributed by atoms with Crippen molar-refractivity contribution >= 4 is 61.7 Å². The highest BCUT2D eigenvalue weighted by Gasteiger charge is 2.41. The van der Waals surface area contributed by atoms with Crippen LogP contribution in [0.15, 0.2) is 176 Å². The van der Waals surface area contributed by atoms with Crippen molar-refractivity contribution in [2.75, 3.05) is 0 Å². The van der Waals surface area contributed by atoms with Crippen molar-refractivity contribution in [3.63, 3.8) is 0 Å². The van der Waals surface area contributed by atoms with Gasteiger partial charge in [0.25, 0.3) is 0 Å². The Bertz CT molecular complexity index is 2560. The maximum Gasteiger partial charge on any atom is 0.302 e. The summed E-state index contributed by atoms with van der Waals surface area (Å²) in [6.07, 6.45) is 0. The minimum atomic E-state index is -2.73. The second-order valence-corrected chi connectivity index (χ2v) is 16.6. The first-order valence-electron chi connectivity index (χ1n) is 16.7. The number of benzene rings is 7. The van der Waals surface area contributed by atoms with Crippen LogP contribution in [0.25, 0.3) is 44.2 Å². The van der Waals surface area contributed by atoms with Crippen LogP contribution in [-0.2, 0) is 6.61 Å². The molecule has 49 heavy (non-hydrogen) atoms. The maximum absolute atomic E-state index is 6.13. The quantitative estimate of drug-likeness (QED) is 0.144. The molecule has 4 nitrogen and oxygen atoms in total. The Balaban J connectivity index is 1.28. The summed E-state index contributed by atoms with van der Waals surface area (Å²) in [5.41, 5.74) is 7.68. The number of nitrogens with zero attached hydrogens (tertiary/aromatic N) is 3. The van der Waals surface area contributed by atoms with Gasteiger partial charge in [-0.05, 0) is 57.1 Å². The van der Waals surface area contributed by atoms with Crippen LogP contribution < -0.4 is 25.5 Å². The molecule has 0 spiro atoms. The van der Waals surface area contributed by atoms with Crippen molar-refractivity contribution in [1.29, 1.82) is 0 Å². The normalized spacial score (nSPS) is 12.6. The molecule has 7 aromatic carbocycles. The number of para-hydroxylation sites is 2. The van der Waals surface area contributed by atoms with Crippen LogP contribution >= 0.6 is 0 Å². The molecule has 0 saturated carbocycles. The molecule has 0 aliphatic carbocycles. The molecule has 2 aromatic heterocycles. The SMILES string of the molecule is c1ccc([Si](c2ccccc2)(c2ccccc2)c2ccc3c4ccccc4n(-c4ccc5nc6n(c5c4)-c4ccccc4CO6)c3c2)cc1. The fourth-order valence-electron chi connectivity index (χ4n) is 8.05. The molecule has 10 rings (SSSR count). The van der Waals surface area contributed by atoms with Gasteiger partial charge in [0.05, 0.1) is 27.8 Å². The predicted molar refractivity (Wildman–Crippen MR) is 203 cm³/mol. The largest absolute Gasteiger partial charge is 0.459 e. The molecule has 0 atom stereocenters. The monoisotopic (exact) mass is 645 g/mol. The molecule has 0 N–H and O–H groups in total. The Hall–Kier alpha value is -6.17. The van der Waals surface area contributed by atoms with E-state index in [1.807, 2.05) is 0 Å². The highest BCUT2D eigenvalue weighted by Crippen LogP contribution is 2.36. The van der Waals surface area contributed by atoms with Gasteiger partial charge in [-0.2, -0.15) is 4.98 Å². The second kappa shape index (κ2) is 10.9. The van der Waals surface area contributed by atoms with Gasteiger partial charge >= 0.3 is 6.01 Å². The van der Waals surface area contributed by atoms with Crippen LogP contribution in [0, 0.1) is 0 Å². The van der Waals surface area contributed by atoms with E-state index in [0.717, 1.165) is 28.0 Å². The molecule has 0 amide bonds. The predicted octanol–water partition coefficient (Wildman–Crippen LogP) is 7.39. The third kappa shape index (κ3) is 4.12. The number of hydrogen-bond acceptors (Lipinski definition) is 2. The Labute approximate surface area is 285 Å². The average molecular weight is 646 g/mol. The van der Waals surface area contributed by atoms with Gasteiger partial charge in [-0.3, -0.25) is 4.57 Å². The van der Waals surface area contributed by atoms with E-state index in [-0.39, 0.29) is 0 Å². The van der Waals surface area contributed by atoms with Gasteiger partial charge in [-0.15, -0.1) is 0 Å². The number of imidazole rings is 1. The Kier molecular flexibility index (Phi) is 6.23. The molecule has 5 heteroatoms. The van der Waals surface area contributed by atoms with E-state index >= 15 is 0 Å². The van der Waals surface area contributed by atoms with Gasteiger partial charge in [-0.1, -0.05) is 140 Å². The van der Waals surface area contributed by atoms with E-state index in [9.17, 15) is 0 Å².